The van der Waals surface area contributed by atoms with Crippen LogP contribution in [0.5, 0.6) is 11.5 Å². The number of rotatable bonds is 8. The summed E-state index contributed by atoms with van der Waals surface area (Å²) in [6.07, 6.45) is 5.03. The lowest BCUT2D eigenvalue weighted by Gasteiger charge is -2.14. The molecule has 0 radical (unpaired) electrons. The predicted octanol–water partition coefficient (Wildman–Crippen LogP) is 5.21. The second kappa shape index (κ2) is 12.0. The molecule has 0 saturated carbocycles. The van der Waals surface area contributed by atoms with Crippen LogP contribution < -0.4 is 20.1 Å². The molecule has 3 aromatic rings. The molecule has 38 heavy (non-hydrogen) atoms. The van der Waals surface area contributed by atoms with Gasteiger partial charge in [-0.2, -0.15) is 10.5 Å². The molecular weight excluding hydrogens is 507 g/mol. The van der Waals surface area contributed by atoms with E-state index >= 15 is 0 Å². The molecule has 1 aliphatic rings. The molecule has 1 heterocycles. The number of nitriles is 2. The number of nitrogens with one attached hydrogen (secondary N) is 2. The van der Waals surface area contributed by atoms with Crippen molar-refractivity contribution < 1.29 is 23.5 Å². The van der Waals surface area contributed by atoms with Gasteiger partial charge in [-0.25, -0.2) is 4.39 Å². The number of nitrogens with zero attached hydrogens (tertiary/aromatic N) is 2. The van der Waals surface area contributed by atoms with Crippen LogP contribution in [-0.2, 0) is 22.4 Å². The van der Waals surface area contributed by atoms with Gasteiger partial charge in [0.2, 0.25) is 0 Å². The highest BCUT2D eigenvalue weighted by atomic mass is 32.1. The summed E-state index contributed by atoms with van der Waals surface area (Å²) in [6, 6.07) is 14.3. The van der Waals surface area contributed by atoms with Crippen molar-refractivity contribution >= 4 is 39.9 Å². The van der Waals surface area contributed by atoms with Gasteiger partial charge in [-0.15, -0.1) is 11.3 Å². The Hall–Kier alpha value is -4.67. The number of amides is 2. The SMILES string of the molecule is COc1cccc(/C=C(\C#N)C(=O)Nc2sc3c(c2C#N)CCCC3)c1OCC(=O)Nc1ccc(F)cc1. The summed E-state index contributed by atoms with van der Waals surface area (Å²) >= 11 is 1.37. The third-order valence-electron chi connectivity index (χ3n) is 5.88. The Morgan fingerprint density at radius 3 is 2.58 bits per heavy atom. The molecule has 10 heteroatoms. The lowest BCUT2D eigenvalue weighted by Crippen LogP contribution is -2.20. The zero-order valence-corrected chi connectivity index (χ0v) is 21.3. The van der Waals surface area contributed by atoms with E-state index in [1.807, 2.05) is 6.07 Å². The molecule has 192 valence electrons. The molecule has 0 aliphatic heterocycles. The number of aryl methyl sites for hydroxylation is 1. The average Bonchev–Trinajstić information content (AvgIpc) is 3.28. The number of para-hydroxylation sites is 1. The third kappa shape index (κ3) is 6.00. The number of carbonyl (C=O) groups excluding carboxylic acids is 2. The summed E-state index contributed by atoms with van der Waals surface area (Å²) in [6.45, 7) is -0.404. The smallest absolute Gasteiger partial charge is 0.266 e. The van der Waals surface area contributed by atoms with Gasteiger partial charge in [0.15, 0.2) is 18.1 Å². The van der Waals surface area contributed by atoms with Crippen LogP contribution in [0.4, 0.5) is 15.1 Å². The predicted molar refractivity (Wildman–Crippen MR) is 141 cm³/mol. The van der Waals surface area contributed by atoms with Gasteiger partial charge in [0.25, 0.3) is 11.8 Å². The molecule has 0 spiro atoms. The van der Waals surface area contributed by atoms with Gasteiger partial charge in [0, 0.05) is 16.1 Å². The molecule has 0 saturated heterocycles. The Bertz CT molecular complexity index is 1480. The van der Waals surface area contributed by atoms with E-state index in [1.165, 1.54) is 48.8 Å². The molecule has 4 rings (SSSR count). The van der Waals surface area contributed by atoms with Gasteiger partial charge in [-0.05, 0) is 67.7 Å². The minimum absolute atomic E-state index is 0.161. The normalized spacial score (nSPS) is 12.5. The fourth-order valence-corrected chi connectivity index (χ4v) is 5.31. The fourth-order valence-electron chi connectivity index (χ4n) is 4.08. The van der Waals surface area contributed by atoms with Crippen molar-refractivity contribution in [1.29, 1.82) is 10.5 Å². The summed E-state index contributed by atoms with van der Waals surface area (Å²) < 4.78 is 24.2. The van der Waals surface area contributed by atoms with Gasteiger partial charge in [0.05, 0.1) is 12.7 Å². The third-order valence-corrected chi connectivity index (χ3v) is 7.09. The maximum absolute atomic E-state index is 13.1. The van der Waals surface area contributed by atoms with Crippen molar-refractivity contribution in [3.8, 4) is 23.6 Å². The number of methoxy groups -OCH3 is 1. The van der Waals surface area contributed by atoms with E-state index < -0.39 is 24.2 Å². The highest BCUT2D eigenvalue weighted by molar-refractivity contribution is 7.16. The monoisotopic (exact) mass is 530 g/mol. The Morgan fingerprint density at radius 1 is 1.11 bits per heavy atom. The summed E-state index contributed by atoms with van der Waals surface area (Å²) in [5.74, 6) is -1.13. The zero-order valence-electron chi connectivity index (χ0n) is 20.5. The largest absolute Gasteiger partial charge is 0.493 e. The minimum atomic E-state index is -0.662. The van der Waals surface area contributed by atoms with Gasteiger partial charge in [-0.3, -0.25) is 9.59 Å². The zero-order chi connectivity index (χ0) is 27.1. The lowest BCUT2D eigenvalue weighted by atomic mass is 9.96. The quantitative estimate of drug-likeness (QED) is 0.304. The molecule has 1 aromatic heterocycles. The molecule has 2 amide bonds. The van der Waals surface area contributed by atoms with Crippen molar-refractivity contribution in [2.24, 2.45) is 0 Å². The highest BCUT2D eigenvalue weighted by Crippen LogP contribution is 2.38. The molecular formula is C28H23FN4O4S. The van der Waals surface area contributed by atoms with Crippen LogP contribution in [0.1, 0.15) is 34.4 Å². The molecule has 8 nitrogen and oxygen atoms in total. The van der Waals surface area contributed by atoms with E-state index in [0.717, 1.165) is 36.1 Å². The molecule has 0 bridgehead atoms. The van der Waals surface area contributed by atoms with E-state index in [2.05, 4.69) is 16.7 Å². The molecule has 0 fully saturated rings. The summed E-state index contributed by atoms with van der Waals surface area (Å²) in [5.41, 5.74) is 1.96. The van der Waals surface area contributed by atoms with Gasteiger partial charge < -0.3 is 20.1 Å². The number of benzene rings is 2. The second-order valence-electron chi connectivity index (χ2n) is 8.37. The van der Waals surface area contributed by atoms with E-state index in [9.17, 15) is 24.5 Å². The van der Waals surface area contributed by atoms with Crippen LogP contribution >= 0.6 is 11.3 Å². The van der Waals surface area contributed by atoms with Crippen LogP contribution in [0.15, 0.2) is 48.0 Å². The van der Waals surface area contributed by atoms with Crippen molar-refractivity contribution in [2.75, 3.05) is 24.4 Å². The van der Waals surface area contributed by atoms with Crippen LogP contribution in [0.25, 0.3) is 6.08 Å². The Morgan fingerprint density at radius 2 is 1.87 bits per heavy atom. The molecule has 2 aromatic carbocycles. The minimum Gasteiger partial charge on any atom is -0.493 e. The number of carbonyl (C=O) groups is 2. The number of thiophene rings is 1. The number of hydrogen-bond donors (Lipinski definition) is 2. The first kappa shape index (κ1) is 26.4. The Kier molecular flexibility index (Phi) is 8.37. The fraction of sp³-hybridized carbons (Fsp3) is 0.214. The number of fused-ring (bicyclic) bond motifs is 1. The lowest BCUT2D eigenvalue weighted by molar-refractivity contribution is -0.118. The highest BCUT2D eigenvalue weighted by Gasteiger charge is 2.23. The molecule has 0 atom stereocenters. The maximum atomic E-state index is 13.1. The summed E-state index contributed by atoms with van der Waals surface area (Å²) in [4.78, 5) is 26.5. The standard InChI is InChI=1S/C28H23FN4O4S/c1-36-23-7-4-5-17(26(23)37-16-25(34)32-20-11-9-19(29)10-12-20)13-18(14-30)27(35)33-28-22(15-31)21-6-2-3-8-24(21)38-28/h4-5,7,9-13H,2-3,6,8,16H2,1H3,(H,32,34)(H,33,35)/b18-13+. The van der Waals surface area contributed by atoms with Crippen LogP contribution in [0.2, 0.25) is 0 Å². The van der Waals surface area contributed by atoms with Gasteiger partial charge >= 0.3 is 0 Å². The topological polar surface area (TPSA) is 124 Å². The first-order valence-electron chi connectivity index (χ1n) is 11.8. The molecule has 0 unspecified atom stereocenters. The Labute approximate surface area is 222 Å². The average molecular weight is 531 g/mol. The van der Waals surface area contributed by atoms with Crippen molar-refractivity contribution in [3.05, 3.63) is 75.4 Å². The first-order chi connectivity index (χ1) is 18.4. The van der Waals surface area contributed by atoms with Crippen molar-refractivity contribution in [1.82, 2.24) is 0 Å². The van der Waals surface area contributed by atoms with E-state index in [0.29, 0.717) is 27.6 Å². The molecule has 1 aliphatic carbocycles. The van der Waals surface area contributed by atoms with E-state index in [1.54, 1.807) is 18.2 Å². The number of anilines is 2. The van der Waals surface area contributed by atoms with Gasteiger partial charge in [0.1, 0.15) is 28.5 Å². The summed E-state index contributed by atoms with van der Waals surface area (Å²) in [7, 11) is 1.42. The molecule has 2 N–H and O–H groups in total. The first-order valence-corrected chi connectivity index (χ1v) is 12.6. The Balaban J connectivity index is 1.54. The van der Waals surface area contributed by atoms with Crippen molar-refractivity contribution in [2.45, 2.75) is 25.7 Å². The van der Waals surface area contributed by atoms with Crippen molar-refractivity contribution in [3.63, 3.8) is 0 Å². The van der Waals surface area contributed by atoms with Crippen LogP contribution in [0, 0.1) is 28.5 Å². The van der Waals surface area contributed by atoms with E-state index in [-0.39, 0.29) is 11.3 Å². The number of halogens is 1. The number of ether oxygens (including phenoxy) is 2. The number of hydrogen-bond acceptors (Lipinski definition) is 7. The van der Waals surface area contributed by atoms with Crippen LogP contribution in [0.3, 0.4) is 0 Å². The van der Waals surface area contributed by atoms with Crippen LogP contribution in [-0.4, -0.2) is 25.5 Å². The maximum Gasteiger partial charge on any atom is 0.266 e. The van der Waals surface area contributed by atoms with E-state index in [4.69, 9.17) is 9.47 Å². The summed E-state index contributed by atoms with van der Waals surface area (Å²) in [5, 5.41) is 25.2. The van der Waals surface area contributed by atoms with Gasteiger partial charge in [-0.1, -0.05) is 12.1 Å². The second-order valence-corrected chi connectivity index (χ2v) is 9.48.